The van der Waals surface area contributed by atoms with Gasteiger partial charge in [0.2, 0.25) is 14.9 Å². The molecule has 1 heterocycles. The number of hydrogen-bond donors (Lipinski definition) is 0. The van der Waals surface area contributed by atoms with Gasteiger partial charge in [0.05, 0.1) is 0 Å². The van der Waals surface area contributed by atoms with Crippen molar-refractivity contribution in [1.82, 2.24) is 4.90 Å². The van der Waals surface area contributed by atoms with Crippen molar-refractivity contribution in [2.24, 2.45) is 5.41 Å². The van der Waals surface area contributed by atoms with Gasteiger partial charge in [-0.1, -0.05) is 20.8 Å². The molecule has 1 atom stereocenters. The van der Waals surface area contributed by atoms with E-state index in [1.807, 2.05) is 4.90 Å². The van der Waals surface area contributed by atoms with E-state index in [-0.39, 0.29) is 11.3 Å². The molecule has 0 spiro atoms. The first kappa shape index (κ1) is 12.7. The van der Waals surface area contributed by atoms with Crippen LogP contribution in [0.3, 0.4) is 0 Å². The summed E-state index contributed by atoms with van der Waals surface area (Å²) in [5.74, 6) is 0.248. The monoisotopic (exact) mass is 228 g/mol. The first-order valence-corrected chi connectivity index (χ1v) is 7.95. The molecule has 1 aliphatic rings. The zero-order chi connectivity index (χ0) is 11.6. The molecule has 1 radical (unpaired) electrons. The molecule has 1 aliphatic heterocycles. The smallest absolute Gasteiger partial charge is 0.224 e. The molecule has 0 saturated carbocycles. The normalized spacial score (nSPS) is 22.9. The molecule has 1 rings (SSSR count). The third-order valence-electron chi connectivity index (χ3n) is 2.82. The molecule has 15 heavy (non-hydrogen) atoms. The lowest BCUT2D eigenvalue weighted by Crippen LogP contribution is -2.43. The highest BCUT2D eigenvalue weighted by Gasteiger charge is 2.38. The molecular weight excluding hydrogens is 206 g/mol. The number of hydrogen-bond acceptors (Lipinski definition) is 2. The molecule has 3 nitrogen and oxygen atoms in total. The molecule has 0 bridgehead atoms. The Hall–Kier alpha value is -0.353. The van der Waals surface area contributed by atoms with E-state index in [4.69, 9.17) is 4.43 Å². The zero-order valence-electron chi connectivity index (χ0n) is 10.5. The number of likely N-dealkylation sites (tertiary alicyclic amines) is 1. The van der Waals surface area contributed by atoms with Gasteiger partial charge >= 0.3 is 0 Å². The Bertz CT molecular complexity index is 235. The van der Waals surface area contributed by atoms with Gasteiger partial charge in [-0.05, 0) is 24.9 Å². The molecule has 0 aromatic rings. The summed E-state index contributed by atoms with van der Waals surface area (Å²) in [7, 11) is -0.707. The summed E-state index contributed by atoms with van der Waals surface area (Å²) in [5, 5.41) is 0. The van der Waals surface area contributed by atoms with Crippen molar-refractivity contribution >= 4 is 14.9 Å². The maximum absolute atomic E-state index is 11.7. The number of carbonyl (C=O) groups excluding carboxylic acids is 1. The average Bonchev–Trinajstić information content (AvgIpc) is 2.42. The van der Waals surface area contributed by atoms with Crippen molar-refractivity contribution in [3.05, 3.63) is 0 Å². The second-order valence-corrected chi connectivity index (χ2v) is 7.57. The number of carbonyl (C=O) groups is 1. The number of nitrogens with zero attached hydrogens (tertiary/aromatic N) is 1. The minimum absolute atomic E-state index is 0.157. The molecule has 1 amide bonds. The van der Waals surface area contributed by atoms with E-state index >= 15 is 0 Å². The fourth-order valence-electron chi connectivity index (χ4n) is 1.99. The summed E-state index contributed by atoms with van der Waals surface area (Å²) in [6.07, 6.45) is 1.65. The maximum atomic E-state index is 11.7. The van der Waals surface area contributed by atoms with E-state index < -0.39 is 9.04 Å². The van der Waals surface area contributed by atoms with Crippen LogP contribution in [0.2, 0.25) is 13.1 Å². The molecule has 0 aromatic carbocycles. The Morgan fingerprint density at radius 2 is 2.07 bits per heavy atom. The topological polar surface area (TPSA) is 29.5 Å². The second-order valence-electron chi connectivity index (χ2n) is 5.47. The molecule has 87 valence electrons. The van der Waals surface area contributed by atoms with Crippen LogP contribution in [0.4, 0.5) is 0 Å². The molecule has 0 aromatic heterocycles. The van der Waals surface area contributed by atoms with Gasteiger partial charge in [-0.15, -0.1) is 0 Å². The van der Waals surface area contributed by atoms with Crippen molar-refractivity contribution in [3.8, 4) is 0 Å². The van der Waals surface area contributed by atoms with E-state index in [1.165, 1.54) is 0 Å². The van der Waals surface area contributed by atoms with Crippen molar-refractivity contribution < 1.29 is 9.22 Å². The molecule has 1 saturated heterocycles. The van der Waals surface area contributed by atoms with E-state index in [1.54, 1.807) is 0 Å². The van der Waals surface area contributed by atoms with Crippen LogP contribution in [-0.2, 0) is 9.22 Å². The van der Waals surface area contributed by atoms with Crippen molar-refractivity contribution in [1.29, 1.82) is 0 Å². The van der Waals surface area contributed by atoms with Gasteiger partial charge in [0.1, 0.15) is 6.73 Å². The lowest BCUT2D eigenvalue weighted by Gasteiger charge is -2.35. The van der Waals surface area contributed by atoms with Gasteiger partial charge in [0.15, 0.2) is 0 Å². The van der Waals surface area contributed by atoms with Crippen molar-refractivity contribution in [2.75, 3.05) is 6.73 Å². The maximum Gasteiger partial charge on any atom is 0.224 e. The lowest BCUT2D eigenvalue weighted by molar-refractivity contribution is -0.133. The first-order chi connectivity index (χ1) is 6.82. The summed E-state index contributed by atoms with van der Waals surface area (Å²) in [6.45, 7) is 11.2. The Labute approximate surface area is 94.5 Å². The van der Waals surface area contributed by atoms with Gasteiger partial charge in [0, 0.05) is 12.5 Å². The third kappa shape index (κ3) is 3.31. The minimum Gasteiger partial charge on any atom is -0.400 e. The lowest BCUT2D eigenvalue weighted by atomic mass is 9.85. The number of amides is 1. The predicted octanol–water partition coefficient (Wildman–Crippen LogP) is 2.25. The standard InChI is InChI=1S/C11H22NO2Si/c1-11(2,3)9-6-7-10(13)12(9)8-14-15(4)5/h9H,6-8H2,1-5H3/t9-/m0/s1. The van der Waals surface area contributed by atoms with Crippen LogP contribution < -0.4 is 0 Å². The van der Waals surface area contributed by atoms with Crippen LogP contribution in [-0.4, -0.2) is 32.6 Å². The molecule has 0 unspecified atom stereocenters. The highest BCUT2D eigenvalue weighted by molar-refractivity contribution is 6.48. The Morgan fingerprint density at radius 1 is 1.47 bits per heavy atom. The molecular formula is C11H22NO2Si. The van der Waals surface area contributed by atoms with Crippen LogP contribution in [0.15, 0.2) is 0 Å². The Kier molecular flexibility index (Phi) is 3.95. The SMILES string of the molecule is C[Si](C)OCN1C(=O)CC[C@H]1C(C)(C)C. The van der Waals surface area contributed by atoms with Crippen molar-refractivity contribution in [2.45, 2.75) is 52.7 Å². The highest BCUT2D eigenvalue weighted by atomic mass is 28.3. The highest BCUT2D eigenvalue weighted by Crippen LogP contribution is 2.33. The van der Waals surface area contributed by atoms with Crippen LogP contribution in [0, 0.1) is 5.41 Å². The number of rotatable bonds is 3. The molecule has 0 N–H and O–H groups in total. The fraction of sp³-hybridized carbons (Fsp3) is 0.909. The quantitative estimate of drug-likeness (QED) is 0.693. The van der Waals surface area contributed by atoms with Gasteiger partial charge in [-0.2, -0.15) is 0 Å². The predicted molar refractivity (Wildman–Crippen MR) is 62.8 cm³/mol. The summed E-state index contributed by atoms with van der Waals surface area (Å²) in [6, 6.07) is 0.339. The van der Waals surface area contributed by atoms with Crippen LogP contribution in [0.25, 0.3) is 0 Å². The van der Waals surface area contributed by atoms with Gasteiger partial charge in [-0.3, -0.25) is 4.79 Å². The largest absolute Gasteiger partial charge is 0.400 e. The summed E-state index contributed by atoms with van der Waals surface area (Å²) in [5.41, 5.74) is 0.157. The van der Waals surface area contributed by atoms with Crippen LogP contribution >= 0.6 is 0 Å². The fourth-order valence-corrected chi connectivity index (χ4v) is 2.39. The van der Waals surface area contributed by atoms with Gasteiger partial charge in [-0.25, -0.2) is 0 Å². The Balaban J connectivity index is 2.61. The van der Waals surface area contributed by atoms with Crippen LogP contribution in [0.5, 0.6) is 0 Å². The Morgan fingerprint density at radius 3 is 2.53 bits per heavy atom. The van der Waals surface area contributed by atoms with E-state index in [9.17, 15) is 4.79 Å². The zero-order valence-corrected chi connectivity index (χ0v) is 11.5. The molecule has 1 fully saturated rings. The summed E-state index contributed by atoms with van der Waals surface area (Å²) >= 11 is 0. The average molecular weight is 228 g/mol. The third-order valence-corrected chi connectivity index (χ3v) is 3.53. The van der Waals surface area contributed by atoms with Gasteiger partial charge in [0.25, 0.3) is 0 Å². The van der Waals surface area contributed by atoms with Crippen LogP contribution in [0.1, 0.15) is 33.6 Å². The van der Waals surface area contributed by atoms with Gasteiger partial charge < -0.3 is 9.33 Å². The molecule has 4 heteroatoms. The van der Waals surface area contributed by atoms with E-state index in [0.29, 0.717) is 19.2 Å². The van der Waals surface area contributed by atoms with E-state index in [0.717, 1.165) is 6.42 Å². The summed E-state index contributed by atoms with van der Waals surface area (Å²) < 4.78 is 5.63. The first-order valence-electron chi connectivity index (χ1n) is 5.55. The van der Waals surface area contributed by atoms with Crippen molar-refractivity contribution in [3.63, 3.8) is 0 Å². The van der Waals surface area contributed by atoms with E-state index in [2.05, 4.69) is 33.9 Å². The second kappa shape index (κ2) is 4.66. The molecule has 0 aliphatic carbocycles. The minimum atomic E-state index is -0.707. The summed E-state index contributed by atoms with van der Waals surface area (Å²) in [4.78, 5) is 13.6.